The summed E-state index contributed by atoms with van der Waals surface area (Å²) in [5.74, 6) is 0. The van der Waals surface area contributed by atoms with Crippen LogP contribution in [0.3, 0.4) is 0 Å². The molecule has 0 aliphatic heterocycles. The quantitative estimate of drug-likeness (QED) is 0.845. The van der Waals surface area contributed by atoms with Gasteiger partial charge in [0, 0.05) is 11.3 Å². The van der Waals surface area contributed by atoms with Gasteiger partial charge in [0.15, 0.2) is 4.77 Å². The Kier molecular flexibility index (Phi) is 3.02. The van der Waals surface area contributed by atoms with Crippen molar-refractivity contribution >= 4 is 35.0 Å². The topological polar surface area (TPSA) is 20.7 Å². The van der Waals surface area contributed by atoms with E-state index in [4.69, 9.17) is 12.2 Å². The fraction of sp³-hybridized carbons (Fsp3) is 0.500. The summed E-state index contributed by atoms with van der Waals surface area (Å²) in [6.45, 7) is 3.17. The standard InChI is InChI=1S/C14H18N2S2/c1-10-4-5-11-12(8-10)16(13(17)15-11)9-14(18-2)6-3-7-14/h4-5,8H,3,6-7,9H2,1-2H3,(H,15,17). The highest BCUT2D eigenvalue weighted by Gasteiger charge is 2.36. The van der Waals surface area contributed by atoms with Crippen LogP contribution in [0, 0.1) is 11.7 Å². The van der Waals surface area contributed by atoms with E-state index in [2.05, 4.69) is 40.9 Å². The molecule has 18 heavy (non-hydrogen) atoms. The number of benzene rings is 1. The third-order valence-electron chi connectivity index (χ3n) is 4.07. The molecule has 1 fully saturated rings. The second kappa shape index (κ2) is 4.42. The lowest BCUT2D eigenvalue weighted by atomic mass is 9.84. The summed E-state index contributed by atoms with van der Waals surface area (Å²) >= 11 is 7.48. The molecule has 0 atom stereocenters. The molecular formula is C14H18N2S2. The molecule has 4 heteroatoms. The number of rotatable bonds is 3. The van der Waals surface area contributed by atoms with Crippen molar-refractivity contribution in [2.45, 2.75) is 37.5 Å². The normalized spacial score (nSPS) is 17.9. The van der Waals surface area contributed by atoms with Crippen molar-refractivity contribution in [3.05, 3.63) is 28.5 Å². The van der Waals surface area contributed by atoms with Gasteiger partial charge >= 0.3 is 0 Å². The summed E-state index contributed by atoms with van der Waals surface area (Å²) < 4.78 is 3.56. The van der Waals surface area contributed by atoms with Gasteiger partial charge in [-0.15, -0.1) is 0 Å². The van der Waals surface area contributed by atoms with Crippen molar-refractivity contribution in [2.75, 3.05) is 6.26 Å². The first-order valence-corrected chi connectivity index (χ1v) is 8.01. The van der Waals surface area contributed by atoms with Gasteiger partial charge in [0.05, 0.1) is 11.0 Å². The highest BCUT2D eigenvalue weighted by atomic mass is 32.2. The van der Waals surface area contributed by atoms with Crippen LogP contribution in [0.4, 0.5) is 0 Å². The first kappa shape index (κ1) is 12.3. The van der Waals surface area contributed by atoms with Crippen molar-refractivity contribution in [3.8, 4) is 0 Å². The molecule has 3 rings (SSSR count). The minimum absolute atomic E-state index is 0.414. The molecule has 0 amide bonds. The molecule has 1 heterocycles. The first-order valence-electron chi connectivity index (χ1n) is 6.38. The number of imidazole rings is 1. The molecule has 0 unspecified atom stereocenters. The van der Waals surface area contributed by atoms with E-state index in [1.807, 2.05) is 11.8 Å². The van der Waals surface area contributed by atoms with Crippen LogP contribution in [-0.2, 0) is 6.54 Å². The van der Waals surface area contributed by atoms with Crippen LogP contribution in [0.25, 0.3) is 11.0 Å². The summed E-state index contributed by atoms with van der Waals surface area (Å²) in [6.07, 6.45) is 6.21. The van der Waals surface area contributed by atoms with Gasteiger partial charge in [0.2, 0.25) is 0 Å². The van der Waals surface area contributed by atoms with Crippen LogP contribution in [0.15, 0.2) is 18.2 Å². The Morgan fingerprint density at radius 2 is 2.22 bits per heavy atom. The Labute approximate surface area is 117 Å². The monoisotopic (exact) mass is 278 g/mol. The van der Waals surface area contributed by atoms with Crippen molar-refractivity contribution in [1.29, 1.82) is 0 Å². The van der Waals surface area contributed by atoms with Crippen LogP contribution in [-0.4, -0.2) is 20.6 Å². The number of H-pyrrole nitrogens is 1. The van der Waals surface area contributed by atoms with E-state index >= 15 is 0 Å². The van der Waals surface area contributed by atoms with Gasteiger partial charge in [-0.05, 0) is 55.9 Å². The Morgan fingerprint density at radius 3 is 2.83 bits per heavy atom. The fourth-order valence-electron chi connectivity index (χ4n) is 2.71. The lowest BCUT2D eigenvalue weighted by Gasteiger charge is -2.40. The molecule has 1 aromatic carbocycles. The van der Waals surface area contributed by atoms with Gasteiger partial charge < -0.3 is 9.55 Å². The summed E-state index contributed by atoms with van der Waals surface area (Å²) in [5, 5.41) is 0. The summed E-state index contributed by atoms with van der Waals surface area (Å²) in [5.41, 5.74) is 3.69. The number of nitrogens with one attached hydrogen (secondary N) is 1. The molecule has 1 aliphatic rings. The second-order valence-electron chi connectivity index (χ2n) is 5.28. The molecule has 0 saturated heterocycles. The van der Waals surface area contributed by atoms with Crippen molar-refractivity contribution in [2.24, 2.45) is 0 Å². The predicted molar refractivity (Wildman–Crippen MR) is 82.0 cm³/mol. The van der Waals surface area contributed by atoms with Crippen LogP contribution in [0.5, 0.6) is 0 Å². The van der Waals surface area contributed by atoms with Crippen molar-refractivity contribution in [3.63, 3.8) is 0 Å². The summed E-state index contributed by atoms with van der Waals surface area (Å²) in [6, 6.07) is 6.49. The van der Waals surface area contributed by atoms with Gasteiger partial charge in [0.25, 0.3) is 0 Å². The number of aromatic amines is 1. The Hall–Kier alpha value is -0.740. The van der Waals surface area contributed by atoms with Crippen LogP contribution in [0.1, 0.15) is 24.8 Å². The molecule has 1 N–H and O–H groups in total. The minimum atomic E-state index is 0.414. The summed E-state index contributed by atoms with van der Waals surface area (Å²) in [7, 11) is 0. The highest BCUT2D eigenvalue weighted by Crippen LogP contribution is 2.44. The van der Waals surface area contributed by atoms with E-state index in [-0.39, 0.29) is 0 Å². The molecule has 0 spiro atoms. The summed E-state index contributed by atoms with van der Waals surface area (Å²) in [4.78, 5) is 3.32. The van der Waals surface area contributed by atoms with Crippen molar-refractivity contribution in [1.82, 2.24) is 9.55 Å². The highest BCUT2D eigenvalue weighted by molar-refractivity contribution is 8.00. The zero-order valence-corrected chi connectivity index (χ0v) is 12.5. The lowest BCUT2D eigenvalue weighted by Crippen LogP contribution is -2.37. The second-order valence-corrected chi connectivity index (χ2v) is 6.94. The molecule has 1 aromatic heterocycles. The third-order valence-corrected chi connectivity index (χ3v) is 5.80. The maximum atomic E-state index is 5.48. The Balaban J connectivity index is 2.08. The van der Waals surface area contributed by atoms with Gasteiger partial charge in [-0.2, -0.15) is 11.8 Å². The average molecular weight is 278 g/mol. The smallest absolute Gasteiger partial charge is 0.178 e. The van der Waals surface area contributed by atoms with Crippen molar-refractivity contribution < 1.29 is 0 Å². The SMILES string of the molecule is CSC1(Cn2c(=S)[nH]c3ccc(C)cc32)CCC1. The van der Waals surface area contributed by atoms with Crippen LogP contribution < -0.4 is 0 Å². The van der Waals surface area contributed by atoms with Gasteiger partial charge in [-0.3, -0.25) is 0 Å². The molecular weight excluding hydrogens is 260 g/mol. The lowest BCUT2D eigenvalue weighted by molar-refractivity contribution is 0.323. The molecule has 2 aromatic rings. The third kappa shape index (κ3) is 1.91. The average Bonchev–Trinajstić information content (AvgIpc) is 2.60. The predicted octanol–water partition coefficient (Wildman–Crippen LogP) is 4.29. The van der Waals surface area contributed by atoms with E-state index in [9.17, 15) is 0 Å². The molecule has 2 nitrogen and oxygen atoms in total. The Bertz CT molecular complexity index is 629. The van der Waals surface area contributed by atoms with E-state index in [1.165, 1.54) is 30.3 Å². The maximum absolute atomic E-state index is 5.48. The van der Waals surface area contributed by atoms with E-state index in [0.29, 0.717) is 4.75 Å². The van der Waals surface area contributed by atoms with E-state index in [0.717, 1.165) is 16.8 Å². The van der Waals surface area contributed by atoms with Gasteiger partial charge in [-0.1, -0.05) is 12.5 Å². The largest absolute Gasteiger partial charge is 0.331 e. The Morgan fingerprint density at radius 1 is 1.44 bits per heavy atom. The molecule has 1 saturated carbocycles. The zero-order valence-electron chi connectivity index (χ0n) is 10.8. The molecule has 0 bridgehead atoms. The number of aryl methyl sites for hydroxylation is 1. The number of nitrogens with zero attached hydrogens (tertiary/aromatic N) is 1. The van der Waals surface area contributed by atoms with E-state index < -0.39 is 0 Å². The van der Waals surface area contributed by atoms with Crippen LogP contribution >= 0.6 is 24.0 Å². The van der Waals surface area contributed by atoms with Crippen LogP contribution in [0.2, 0.25) is 0 Å². The van der Waals surface area contributed by atoms with Gasteiger partial charge in [-0.25, -0.2) is 0 Å². The molecule has 0 radical (unpaired) electrons. The number of hydrogen-bond acceptors (Lipinski definition) is 2. The number of hydrogen-bond donors (Lipinski definition) is 1. The molecule has 1 aliphatic carbocycles. The fourth-order valence-corrected chi connectivity index (χ4v) is 3.93. The van der Waals surface area contributed by atoms with E-state index in [1.54, 1.807) is 0 Å². The van der Waals surface area contributed by atoms with Gasteiger partial charge in [0.1, 0.15) is 0 Å². The number of fused-ring (bicyclic) bond motifs is 1. The maximum Gasteiger partial charge on any atom is 0.178 e. The number of aromatic nitrogens is 2. The first-order chi connectivity index (χ1) is 8.63. The zero-order chi connectivity index (χ0) is 12.8. The number of thioether (sulfide) groups is 1. The minimum Gasteiger partial charge on any atom is -0.331 e. The molecule has 96 valence electrons.